The predicted molar refractivity (Wildman–Crippen MR) is 259 cm³/mol. The number of thiophene rings is 2. The second kappa shape index (κ2) is 23.8. The van der Waals surface area contributed by atoms with Gasteiger partial charge >= 0.3 is 30.3 Å². The van der Waals surface area contributed by atoms with Crippen LogP contribution in [0.3, 0.4) is 0 Å². The second-order valence-electron chi connectivity index (χ2n) is 16.8. The molecule has 69 heavy (non-hydrogen) atoms. The molecule has 2 fully saturated rings. The monoisotopic (exact) mass is 998 g/mol. The van der Waals surface area contributed by atoms with E-state index in [9.17, 15) is 47.4 Å². The molecule has 2 aliphatic rings. The van der Waals surface area contributed by atoms with Crippen LogP contribution in [0.1, 0.15) is 81.0 Å². The van der Waals surface area contributed by atoms with E-state index >= 15 is 0 Å². The Hall–Kier alpha value is -7.05. The van der Waals surface area contributed by atoms with E-state index in [2.05, 4.69) is 37.2 Å². The summed E-state index contributed by atoms with van der Waals surface area (Å²) in [7, 11) is 0. The Bertz CT molecular complexity index is 2540. The van der Waals surface area contributed by atoms with Crippen LogP contribution in [0.15, 0.2) is 48.5 Å². The maximum Gasteiger partial charge on any atom is 0.411 e. The normalized spacial score (nSPS) is 16.7. The maximum atomic E-state index is 14.7. The highest BCUT2D eigenvalue weighted by Crippen LogP contribution is 2.39. The van der Waals surface area contributed by atoms with Crippen molar-refractivity contribution in [2.45, 2.75) is 78.4 Å². The van der Waals surface area contributed by atoms with E-state index in [0.29, 0.717) is 46.8 Å². The molecule has 2 aromatic carbocycles. The highest BCUT2D eigenvalue weighted by atomic mass is 32.1. The number of anilines is 4. The summed E-state index contributed by atoms with van der Waals surface area (Å²) >= 11 is 2.12. The molecule has 4 heterocycles. The number of piperidine rings is 2. The number of ether oxygens (including phenoxy) is 2. The minimum atomic E-state index is -1.05. The van der Waals surface area contributed by atoms with Gasteiger partial charge in [-0.2, -0.15) is 0 Å². The Morgan fingerprint density at radius 2 is 1.23 bits per heavy atom. The Morgan fingerprint density at radius 3 is 1.64 bits per heavy atom. The molecule has 0 aliphatic carbocycles. The van der Waals surface area contributed by atoms with Crippen molar-refractivity contribution in [3.63, 3.8) is 0 Å². The van der Waals surface area contributed by atoms with Gasteiger partial charge in [0.2, 0.25) is 0 Å². The summed E-state index contributed by atoms with van der Waals surface area (Å²) in [5, 5.41) is 28.8. The summed E-state index contributed by atoms with van der Waals surface area (Å²) in [5.74, 6) is -2.25. The first kappa shape index (κ1) is 52.9. The molecule has 6 rings (SSSR count). The maximum absolute atomic E-state index is 14.7. The van der Waals surface area contributed by atoms with E-state index < -0.39 is 65.4 Å². The smallest absolute Gasteiger partial charge is 0.411 e. The van der Waals surface area contributed by atoms with Gasteiger partial charge < -0.3 is 46.9 Å². The van der Waals surface area contributed by atoms with Crippen LogP contribution in [0, 0.1) is 17.0 Å². The van der Waals surface area contributed by atoms with Gasteiger partial charge in [0.15, 0.2) is 0 Å². The summed E-state index contributed by atoms with van der Waals surface area (Å²) in [5.41, 5.74) is 11.2. The van der Waals surface area contributed by atoms with Gasteiger partial charge in [0.05, 0.1) is 47.8 Å². The van der Waals surface area contributed by atoms with Gasteiger partial charge in [0.1, 0.15) is 21.6 Å². The number of halogens is 2. The average Bonchev–Trinajstić information content (AvgIpc) is 3.89. The number of hydrogen-bond donors (Lipinski definition) is 10. The number of urea groups is 2. The Kier molecular flexibility index (Phi) is 18.2. The highest BCUT2D eigenvalue weighted by molar-refractivity contribution is 7.20. The lowest BCUT2D eigenvalue weighted by Crippen LogP contribution is -2.61. The zero-order valence-electron chi connectivity index (χ0n) is 38.5. The van der Waals surface area contributed by atoms with Crippen LogP contribution in [0.5, 0.6) is 0 Å². The minimum Gasteiger partial charge on any atom is -0.465 e. The van der Waals surface area contributed by atoms with Crippen molar-refractivity contribution in [3.05, 3.63) is 71.3 Å². The lowest BCUT2D eigenvalue weighted by Gasteiger charge is -2.46. The zero-order chi connectivity index (χ0) is 50.6. The Balaban J connectivity index is 0.000000263. The molecule has 3 atom stereocenters. The van der Waals surface area contributed by atoms with Crippen LogP contribution < -0.4 is 48.7 Å². The van der Waals surface area contributed by atoms with E-state index in [1.54, 1.807) is 32.0 Å². The Morgan fingerprint density at radius 1 is 0.739 bits per heavy atom. The fourth-order valence-corrected chi connectivity index (χ4v) is 9.93. The number of carboxylic acid groups (broad SMARTS) is 1. The standard InChI is InChI=1S/C25H32FN5O6S.C20H24FN5O4S/c1-5-37-23(34)29-16-9-8-13(11-15(16)26)18-12-14(21(38-18)30-22(27)33)20(32)28-17-7-6-10-31(24(35)36)19(17)25(2,3)4;1-2-30-20(29)25-15-6-5-11(8-14(15)21)16-9-13(18(31-16)26-19(22)28)17(27)24-12-4-3-7-23-10-12/h8-9,11-12,17,19H,5-7,10H2,1-4H3,(H,28,32)(H,29,34)(H,35,36)(H3,27,30,33);5-6,8-9,12,23H,2-4,7,10H2,1H3,(H,24,27)(H,25,29)(H3,22,26,28)/t;12-/m.0/s1. The number of nitrogens with zero attached hydrogens (tertiary/aromatic N) is 1. The van der Waals surface area contributed by atoms with Crippen molar-refractivity contribution in [2.24, 2.45) is 16.9 Å². The quantitative estimate of drug-likeness (QED) is 0.0649. The van der Waals surface area contributed by atoms with Gasteiger partial charge in [-0.3, -0.25) is 30.9 Å². The summed E-state index contributed by atoms with van der Waals surface area (Å²) in [6.07, 6.45) is 0.366. The van der Waals surface area contributed by atoms with Crippen molar-refractivity contribution in [1.29, 1.82) is 0 Å². The number of rotatable bonds is 12. The molecule has 2 aromatic heterocycles. The van der Waals surface area contributed by atoms with Gasteiger partial charge in [0.25, 0.3) is 11.8 Å². The fraction of sp³-hybridized carbons (Fsp3) is 0.400. The number of nitrogens with one attached hydrogen (secondary N) is 7. The summed E-state index contributed by atoms with van der Waals surface area (Å²) < 4.78 is 38.7. The molecule has 20 nitrogen and oxygen atoms in total. The van der Waals surface area contributed by atoms with Gasteiger partial charge in [0, 0.05) is 28.9 Å². The largest absolute Gasteiger partial charge is 0.465 e. The SMILES string of the molecule is CCOC(=O)Nc1ccc(-c2cc(C(=O)NC3CCCN(C(=O)O)C3C(C)(C)C)c(NC(N)=O)s2)cc1F.CCOC(=O)Nc1ccc(-c2cc(C(=O)N[C@H]3CCCNC3)c(NC(N)=O)s2)cc1F. The van der Waals surface area contributed by atoms with Crippen LogP contribution in [0.2, 0.25) is 0 Å². The van der Waals surface area contributed by atoms with E-state index in [-0.39, 0.29) is 57.7 Å². The van der Waals surface area contributed by atoms with Crippen LogP contribution in [-0.2, 0) is 9.47 Å². The summed E-state index contributed by atoms with van der Waals surface area (Å²) in [4.78, 5) is 86.6. The number of carbonyl (C=O) groups is 7. The molecule has 24 heteroatoms. The number of primary amides is 2. The van der Waals surface area contributed by atoms with Crippen molar-refractivity contribution in [3.8, 4) is 20.9 Å². The third-order valence-corrected chi connectivity index (χ3v) is 12.9. The summed E-state index contributed by atoms with van der Waals surface area (Å²) in [6.45, 7) is 11.3. The van der Waals surface area contributed by atoms with E-state index in [4.69, 9.17) is 20.9 Å². The number of carbonyl (C=O) groups excluding carboxylic acids is 6. The molecule has 0 spiro atoms. The molecule has 372 valence electrons. The average molecular weight is 999 g/mol. The lowest BCUT2D eigenvalue weighted by molar-refractivity contribution is 0.0359. The molecule has 0 bridgehead atoms. The minimum absolute atomic E-state index is 0.0169. The first-order chi connectivity index (χ1) is 32.7. The van der Waals surface area contributed by atoms with E-state index in [1.807, 2.05) is 20.8 Å². The van der Waals surface area contributed by atoms with Crippen molar-refractivity contribution in [1.82, 2.24) is 20.9 Å². The molecule has 2 unspecified atom stereocenters. The molecule has 2 saturated heterocycles. The van der Waals surface area contributed by atoms with E-state index in [0.717, 1.165) is 42.1 Å². The topological polar surface area (TPSA) is 298 Å². The first-order valence-electron chi connectivity index (χ1n) is 21.9. The molecule has 12 N–H and O–H groups in total. The highest BCUT2D eigenvalue weighted by Gasteiger charge is 2.42. The number of likely N-dealkylation sites (tertiary alicyclic amines) is 1. The van der Waals surface area contributed by atoms with Gasteiger partial charge in [-0.1, -0.05) is 32.9 Å². The molecule has 9 amide bonds. The summed E-state index contributed by atoms with van der Waals surface area (Å²) in [6, 6.07) is 8.75. The predicted octanol–water partition coefficient (Wildman–Crippen LogP) is 8.00. The second-order valence-corrected chi connectivity index (χ2v) is 18.9. The third-order valence-electron chi connectivity index (χ3n) is 10.7. The van der Waals surface area contributed by atoms with Crippen molar-refractivity contribution >= 4 is 86.2 Å². The molecule has 0 radical (unpaired) electrons. The molecule has 0 saturated carbocycles. The van der Waals surface area contributed by atoms with Gasteiger partial charge in [-0.05, 0) is 99.0 Å². The van der Waals surface area contributed by atoms with Crippen LogP contribution in [0.25, 0.3) is 20.9 Å². The van der Waals surface area contributed by atoms with Crippen LogP contribution in [-0.4, -0.2) is 103 Å². The van der Waals surface area contributed by atoms with Crippen LogP contribution >= 0.6 is 22.7 Å². The zero-order valence-corrected chi connectivity index (χ0v) is 40.1. The molecule has 4 aromatic rings. The molecular weight excluding hydrogens is 943 g/mol. The number of amides is 9. The van der Waals surface area contributed by atoms with Gasteiger partial charge in [-0.25, -0.2) is 32.8 Å². The number of benzene rings is 2. The van der Waals surface area contributed by atoms with Crippen molar-refractivity contribution < 1.29 is 56.9 Å². The first-order valence-corrected chi connectivity index (χ1v) is 23.5. The fourth-order valence-electron chi connectivity index (χ4n) is 7.82. The Labute approximate surface area is 404 Å². The number of nitrogens with two attached hydrogens (primary N) is 2. The van der Waals surface area contributed by atoms with E-state index in [1.165, 1.54) is 35.2 Å². The lowest BCUT2D eigenvalue weighted by atomic mass is 9.77. The van der Waals surface area contributed by atoms with Gasteiger partial charge in [-0.15, -0.1) is 22.7 Å². The van der Waals surface area contributed by atoms with Crippen molar-refractivity contribution in [2.75, 3.05) is 54.1 Å². The van der Waals surface area contributed by atoms with Crippen LogP contribution in [0.4, 0.5) is 54.1 Å². The number of hydrogen-bond acceptors (Lipinski definition) is 12. The molecular formula is C45H56F2N10O10S2. The molecule has 2 aliphatic heterocycles. The third kappa shape index (κ3) is 14.5.